The van der Waals surface area contributed by atoms with Crippen molar-refractivity contribution in [3.8, 4) is 17.6 Å². The van der Waals surface area contributed by atoms with Crippen LogP contribution in [-0.4, -0.2) is 12.9 Å². The van der Waals surface area contributed by atoms with Crippen LogP contribution in [0, 0.1) is 11.3 Å². The highest BCUT2D eigenvalue weighted by Gasteiger charge is 2.16. The van der Waals surface area contributed by atoms with E-state index in [1.165, 1.54) is 0 Å². The third-order valence-corrected chi connectivity index (χ3v) is 4.47. The minimum Gasteiger partial charge on any atom is -0.486 e. The predicted octanol–water partition coefficient (Wildman–Crippen LogP) is 5.38. The molecule has 2 aromatic rings. The van der Waals surface area contributed by atoms with Gasteiger partial charge in [-0.15, -0.1) is 0 Å². The van der Waals surface area contributed by atoms with Crippen molar-refractivity contribution >= 4 is 0 Å². The Morgan fingerprint density at radius 1 is 1.08 bits per heavy atom. The molecule has 1 heterocycles. The second-order valence-corrected chi connectivity index (χ2v) is 6.51. The fourth-order valence-electron chi connectivity index (χ4n) is 3.05. The smallest absolute Gasteiger partial charge is 0.199 e. The van der Waals surface area contributed by atoms with Crippen LogP contribution in [0.15, 0.2) is 48.5 Å². The molecule has 2 aromatic carbocycles. The molecule has 1 aliphatic heterocycles. The van der Waals surface area contributed by atoms with Crippen molar-refractivity contribution in [2.45, 2.75) is 51.4 Å². The normalized spacial score (nSPS) is 17.9. The first-order valence-corrected chi connectivity index (χ1v) is 9.33. The highest BCUT2D eigenvalue weighted by atomic mass is 16.7. The molecule has 3 rings (SSSR count). The summed E-state index contributed by atoms with van der Waals surface area (Å²) in [4.78, 5) is 0. The van der Waals surface area contributed by atoms with Crippen molar-refractivity contribution in [3.05, 3.63) is 59.7 Å². The van der Waals surface area contributed by atoms with Crippen molar-refractivity contribution in [1.29, 1.82) is 5.26 Å². The van der Waals surface area contributed by atoms with Crippen LogP contribution in [0.4, 0.5) is 0 Å². The van der Waals surface area contributed by atoms with E-state index in [9.17, 15) is 0 Å². The zero-order valence-electron chi connectivity index (χ0n) is 15.2. The summed E-state index contributed by atoms with van der Waals surface area (Å²) in [6, 6.07) is 17.5. The van der Waals surface area contributed by atoms with Gasteiger partial charge in [0.2, 0.25) is 0 Å². The molecule has 0 aromatic heterocycles. The van der Waals surface area contributed by atoms with Crippen molar-refractivity contribution in [2.75, 3.05) is 6.61 Å². The maximum atomic E-state index is 8.95. The van der Waals surface area contributed by atoms with E-state index in [4.69, 9.17) is 19.5 Å². The van der Waals surface area contributed by atoms with Gasteiger partial charge in [0.25, 0.3) is 0 Å². The monoisotopic (exact) mass is 351 g/mol. The second kappa shape index (κ2) is 9.26. The quantitative estimate of drug-likeness (QED) is 0.671. The molecule has 0 amide bonds. The van der Waals surface area contributed by atoms with Gasteiger partial charge in [0.05, 0.1) is 18.2 Å². The van der Waals surface area contributed by atoms with Gasteiger partial charge in [-0.05, 0) is 61.2 Å². The molecule has 2 atom stereocenters. The lowest BCUT2D eigenvalue weighted by Gasteiger charge is -2.23. The van der Waals surface area contributed by atoms with Crippen LogP contribution in [0.5, 0.6) is 11.5 Å². The van der Waals surface area contributed by atoms with E-state index in [2.05, 4.69) is 13.0 Å². The zero-order chi connectivity index (χ0) is 18.2. The van der Waals surface area contributed by atoms with Gasteiger partial charge in [-0.2, -0.15) is 5.26 Å². The van der Waals surface area contributed by atoms with Crippen LogP contribution < -0.4 is 9.47 Å². The summed E-state index contributed by atoms with van der Waals surface area (Å²) in [5, 5.41) is 8.95. The predicted molar refractivity (Wildman–Crippen MR) is 100 cm³/mol. The fourth-order valence-corrected chi connectivity index (χ4v) is 3.05. The van der Waals surface area contributed by atoms with Crippen LogP contribution in [0.2, 0.25) is 0 Å². The Hall–Kier alpha value is -2.51. The van der Waals surface area contributed by atoms with Crippen LogP contribution in [-0.2, 0) is 4.74 Å². The average molecular weight is 351 g/mol. The number of rotatable bonds is 7. The number of nitriles is 1. The lowest BCUT2D eigenvalue weighted by molar-refractivity contribution is -0.105. The molecule has 2 unspecified atom stereocenters. The van der Waals surface area contributed by atoms with E-state index in [1.54, 1.807) is 0 Å². The number of nitrogens with zero attached hydrogens (tertiary/aromatic N) is 1. The van der Waals surface area contributed by atoms with Gasteiger partial charge in [0.15, 0.2) is 6.29 Å². The first-order valence-electron chi connectivity index (χ1n) is 9.33. The SMILES string of the molecule is CCCC(Oc1ccc(OC2CCCCO2)cc1)c1ccc(C#N)cc1. The summed E-state index contributed by atoms with van der Waals surface area (Å²) in [6.07, 6.45) is 4.97. The Morgan fingerprint density at radius 3 is 2.42 bits per heavy atom. The summed E-state index contributed by atoms with van der Waals surface area (Å²) in [7, 11) is 0. The third-order valence-electron chi connectivity index (χ3n) is 4.47. The largest absolute Gasteiger partial charge is 0.486 e. The third kappa shape index (κ3) is 5.00. The summed E-state index contributed by atoms with van der Waals surface area (Å²) < 4.78 is 17.7. The first-order chi connectivity index (χ1) is 12.8. The number of benzene rings is 2. The lowest BCUT2D eigenvalue weighted by Crippen LogP contribution is -2.24. The molecule has 0 spiro atoms. The van der Waals surface area contributed by atoms with Gasteiger partial charge in [0, 0.05) is 6.42 Å². The van der Waals surface area contributed by atoms with Crippen molar-refractivity contribution < 1.29 is 14.2 Å². The molecule has 0 aliphatic carbocycles. The summed E-state index contributed by atoms with van der Waals surface area (Å²) in [6.45, 7) is 2.91. The minimum absolute atomic E-state index is 0.0267. The Labute approximate surface area is 155 Å². The van der Waals surface area contributed by atoms with Gasteiger partial charge in [-0.3, -0.25) is 0 Å². The maximum absolute atomic E-state index is 8.95. The molecule has 0 radical (unpaired) electrons. The summed E-state index contributed by atoms with van der Waals surface area (Å²) >= 11 is 0. The zero-order valence-corrected chi connectivity index (χ0v) is 15.2. The molecule has 4 heteroatoms. The van der Waals surface area contributed by atoms with E-state index < -0.39 is 0 Å². The van der Waals surface area contributed by atoms with E-state index in [0.717, 1.165) is 55.8 Å². The lowest BCUT2D eigenvalue weighted by atomic mass is 10.0. The first kappa shape index (κ1) is 18.3. The average Bonchev–Trinajstić information content (AvgIpc) is 2.70. The highest BCUT2D eigenvalue weighted by Crippen LogP contribution is 2.28. The van der Waals surface area contributed by atoms with E-state index >= 15 is 0 Å². The molecule has 136 valence electrons. The Bertz CT molecular complexity index is 713. The summed E-state index contributed by atoms with van der Waals surface area (Å²) in [5.74, 6) is 1.61. The molecule has 0 N–H and O–H groups in total. The second-order valence-electron chi connectivity index (χ2n) is 6.51. The Kier molecular flexibility index (Phi) is 6.51. The molecule has 0 bridgehead atoms. The van der Waals surface area contributed by atoms with E-state index in [1.807, 2.05) is 48.5 Å². The van der Waals surface area contributed by atoms with Gasteiger partial charge in [0.1, 0.15) is 17.6 Å². The topological polar surface area (TPSA) is 51.5 Å². The molecular formula is C22H25NO3. The van der Waals surface area contributed by atoms with Crippen molar-refractivity contribution in [2.24, 2.45) is 0 Å². The number of hydrogen-bond donors (Lipinski definition) is 0. The fraction of sp³-hybridized carbons (Fsp3) is 0.409. The number of ether oxygens (including phenoxy) is 3. The van der Waals surface area contributed by atoms with E-state index in [-0.39, 0.29) is 12.4 Å². The van der Waals surface area contributed by atoms with Gasteiger partial charge in [-0.25, -0.2) is 0 Å². The van der Waals surface area contributed by atoms with Gasteiger partial charge >= 0.3 is 0 Å². The minimum atomic E-state index is -0.137. The van der Waals surface area contributed by atoms with Crippen molar-refractivity contribution in [3.63, 3.8) is 0 Å². The highest BCUT2D eigenvalue weighted by molar-refractivity contribution is 5.34. The van der Waals surface area contributed by atoms with E-state index in [0.29, 0.717) is 5.56 Å². The standard InChI is InChI=1S/C22H25NO3/c1-2-5-21(18-9-7-17(16-23)8-10-18)25-19-11-13-20(14-12-19)26-22-6-3-4-15-24-22/h7-14,21-22H,2-6,15H2,1H3. The van der Waals surface area contributed by atoms with Crippen molar-refractivity contribution in [1.82, 2.24) is 0 Å². The molecular weight excluding hydrogens is 326 g/mol. The maximum Gasteiger partial charge on any atom is 0.199 e. The van der Waals surface area contributed by atoms with Crippen LogP contribution in [0.25, 0.3) is 0 Å². The van der Waals surface area contributed by atoms with Gasteiger partial charge in [-0.1, -0.05) is 25.5 Å². The molecule has 1 aliphatic rings. The Balaban J connectivity index is 1.63. The van der Waals surface area contributed by atoms with Crippen LogP contribution in [0.3, 0.4) is 0 Å². The molecule has 4 nitrogen and oxygen atoms in total. The van der Waals surface area contributed by atoms with Crippen LogP contribution in [0.1, 0.15) is 56.3 Å². The summed E-state index contributed by atoms with van der Waals surface area (Å²) in [5.41, 5.74) is 1.75. The van der Waals surface area contributed by atoms with Gasteiger partial charge < -0.3 is 14.2 Å². The Morgan fingerprint density at radius 2 is 1.81 bits per heavy atom. The van der Waals surface area contributed by atoms with Crippen LogP contribution >= 0.6 is 0 Å². The molecule has 1 fully saturated rings. The molecule has 1 saturated heterocycles. The molecule has 26 heavy (non-hydrogen) atoms. The number of hydrogen-bond acceptors (Lipinski definition) is 4. The molecule has 0 saturated carbocycles.